The summed E-state index contributed by atoms with van der Waals surface area (Å²) in [5, 5.41) is 1.63. The molecule has 1 atom stereocenters. The van der Waals surface area contributed by atoms with Crippen LogP contribution in [0.4, 0.5) is 23.2 Å². The van der Waals surface area contributed by atoms with Crippen LogP contribution in [0.3, 0.4) is 0 Å². The zero-order valence-electron chi connectivity index (χ0n) is 15.3. The molecule has 0 bridgehead atoms. The number of nitrogens with one attached hydrogen (secondary N) is 3. The van der Waals surface area contributed by atoms with E-state index in [2.05, 4.69) is 10.2 Å². The number of halogens is 4. The van der Waals surface area contributed by atoms with Gasteiger partial charge in [0.05, 0.1) is 19.8 Å². The predicted molar refractivity (Wildman–Crippen MR) is 94.4 cm³/mol. The molecule has 0 heterocycles. The SMILES string of the molecule is COC(=O)[C@@](NNc1ccc(F)cc1)(NC(=O)c1ccccc1OC)C(F)(F)F. The van der Waals surface area contributed by atoms with Gasteiger partial charge in [0.1, 0.15) is 11.6 Å². The number of hydrogen-bond donors (Lipinski definition) is 3. The minimum Gasteiger partial charge on any atom is -0.496 e. The minimum absolute atomic E-state index is 0.00238. The number of methoxy groups -OCH3 is 2. The van der Waals surface area contributed by atoms with Crippen molar-refractivity contribution >= 4 is 17.6 Å². The highest BCUT2D eigenvalue weighted by Gasteiger charge is 2.63. The second kappa shape index (κ2) is 8.78. The van der Waals surface area contributed by atoms with Crippen molar-refractivity contribution in [3.8, 4) is 5.75 Å². The number of amides is 1. The van der Waals surface area contributed by atoms with Crippen molar-refractivity contribution in [3.05, 3.63) is 59.9 Å². The third kappa shape index (κ3) is 4.74. The van der Waals surface area contributed by atoms with Gasteiger partial charge < -0.3 is 20.2 Å². The molecular weight excluding hydrogens is 398 g/mol. The molecule has 0 saturated carbocycles. The molecule has 0 spiro atoms. The number of hydrazine groups is 1. The molecule has 2 aromatic rings. The summed E-state index contributed by atoms with van der Waals surface area (Å²) >= 11 is 0. The number of rotatable bonds is 7. The van der Waals surface area contributed by atoms with Crippen LogP contribution in [0.15, 0.2) is 48.5 Å². The van der Waals surface area contributed by atoms with Crippen LogP contribution in [0.2, 0.25) is 0 Å². The van der Waals surface area contributed by atoms with Gasteiger partial charge in [-0.15, -0.1) is 0 Å². The summed E-state index contributed by atoms with van der Waals surface area (Å²) in [5.74, 6) is -3.70. The number of para-hydroxylation sites is 1. The second-order valence-electron chi connectivity index (χ2n) is 5.65. The van der Waals surface area contributed by atoms with E-state index in [1.165, 1.54) is 31.4 Å². The van der Waals surface area contributed by atoms with Gasteiger partial charge in [-0.25, -0.2) is 9.18 Å². The van der Waals surface area contributed by atoms with Crippen LogP contribution in [0, 0.1) is 5.82 Å². The Hall–Kier alpha value is -3.34. The number of hydrogen-bond acceptors (Lipinski definition) is 6. The van der Waals surface area contributed by atoms with Crippen molar-refractivity contribution in [3.63, 3.8) is 0 Å². The zero-order chi connectivity index (χ0) is 21.7. The topological polar surface area (TPSA) is 88.7 Å². The maximum atomic E-state index is 13.9. The van der Waals surface area contributed by atoms with E-state index < -0.39 is 29.5 Å². The number of anilines is 1. The molecule has 0 fully saturated rings. The Morgan fingerprint density at radius 2 is 1.59 bits per heavy atom. The summed E-state index contributed by atoms with van der Waals surface area (Å²) in [5.41, 5.74) is -0.0130. The average molecular weight is 415 g/mol. The van der Waals surface area contributed by atoms with E-state index in [4.69, 9.17) is 4.74 Å². The van der Waals surface area contributed by atoms with E-state index in [0.717, 1.165) is 31.4 Å². The first-order valence-electron chi connectivity index (χ1n) is 8.04. The molecule has 3 N–H and O–H groups in total. The van der Waals surface area contributed by atoms with Crippen LogP contribution in [0.25, 0.3) is 0 Å². The Morgan fingerprint density at radius 3 is 2.14 bits per heavy atom. The van der Waals surface area contributed by atoms with Crippen molar-refractivity contribution in [2.75, 3.05) is 19.6 Å². The number of esters is 1. The lowest BCUT2D eigenvalue weighted by molar-refractivity contribution is -0.215. The Labute approximate surface area is 163 Å². The van der Waals surface area contributed by atoms with Crippen LogP contribution < -0.4 is 20.9 Å². The first-order chi connectivity index (χ1) is 13.6. The van der Waals surface area contributed by atoms with E-state index >= 15 is 0 Å². The molecule has 7 nitrogen and oxygen atoms in total. The fourth-order valence-corrected chi connectivity index (χ4v) is 2.31. The summed E-state index contributed by atoms with van der Waals surface area (Å²) < 4.78 is 64.0. The fraction of sp³-hybridized carbons (Fsp3) is 0.222. The Morgan fingerprint density at radius 1 is 0.966 bits per heavy atom. The minimum atomic E-state index is -5.33. The molecule has 0 unspecified atom stereocenters. The van der Waals surface area contributed by atoms with Gasteiger partial charge in [-0.1, -0.05) is 12.1 Å². The molecule has 2 aromatic carbocycles. The Kier molecular flexibility index (Phi) is 6.64. The smallest absolute Gasteiger partial charge is 0.438 e. The number of alkyl halides is 3. The van der Waals surface area contributed by atoms with Crippen LogP contribution in [-0.4, -0.2) is 37.9 Å². The largest absolute Gasteiger partial charge is 0.496 e. The predicted octanol–water partition coefficient (Wildman–Crippen LogP) is 2.61. The lowest BCUT2D eigenvalue weighted by atomic mass is 10.1. The van der Waals surface area contributed by atoms with Gasteiger partial charge in [-0.2, -0.15) is 18.6 Å². The van der Waals surface area contributed by atoms with Gasteiger partial charge >= 0.3 is 17.8 Å². The lowest BCUT2D eigenvalue weighted by Crippen LogP contribution is -2.73. The van der Waals surface area contributed by atoms with Crippen LogP contribution in [-0.2, 0) is 9.53 Å². The quantitative estimate of drug-likeness (QED) is 0.279. The molecule has 0 saturated heterocycles. The maximum absolute atomic E-state index is 13.9. The fourth-order valence-electron chi connectivity index (χ4n) is 2.31. The third-order valence-electron chi connectivity index (χ3n) is 3.81. The molecule has 0 aliphatic rings. The van der Waals surface area contributed by atoms with E-state index in [1.807, 2.05) is 0 Å². The van der Waals surface area contributed by atoms with E-state index in [1.54, 1.807) is 10.7 Å². The molecule has 29 heavy (non-hydrogen) atoms. The maximum Gasteiger partial charge on any atom is 0.438 e. The number of carbonyl (C=O) groups excluding carboxylic acids is 2. The van der Waals surface area contributed by atoms with E-state index in [9.17, 15) is 27.2 Å². The van der Waals surface area contributed by atoms with Crippen molar-refractivity contribution in [1.82, 2.24) is 10.7 Å². The highest BCUT2D eigenvalue weighted by Crippen LogP contribution is 2.31. The standard InChI is InChI=1S/C18H17F4N3O4/c1-28-14-6-4-3-5-13(14)15(26)23-17(16(27)29-2,18(20,21)22)25-24-12-9-7-11(19)8-10-12/h3-10,24-25H,1-2H3,(H,23,26)/t17-/m0/s1. The van der Waals surface area contributed by atoms with Crippen molar-refractivity contribution in [2.24, 2.45) is 0 Å². The monoisotopic (exact) mass is 415 g/mol. The lowest BCUT2D eigenvalue weighted by Gasteiger charge is -2.34. The molecule has 156 valence electrons. The van der Waals surface area contributed by atoms with Crippen LogP contribution in [0.5, 0.6) is 5.75 Å². The average Bonchev–Trinajstić information content (AvgIpc) is 2.70. The van der Waals surface area contributed by atoms with Gasteiger partial charge in [-0.05, 0) is 36.4 Å². The van der Waals surface area contributed by atoms with Crippen molar-refractivity contribution in [1.29, 1.82) is 0 Å². The van der Waals surface area contributed by atoms with Crippen molar-refractivity contribution < 1.29 is 36.6 Å². The summed E-state index contributed by atoms with van der Waals surface area (Å²) in [6, 6.07) is 9.75. The van der Waals surface area contributed by atoms with Crippen LogP contribution in [0.1, 0.15) is 10.4 Å². The van der Waals surface area contributed by atoms with Gasteiger partial charge in [0.2, 0.25) is 0 Å². The molecule has 1 amide bonds. The molecule has 0 aliphatic heterocycles. The number of ether oxygens (including phenoxy) is 2. The van der Waals surface area contributed by atoms with Crippen molar-refractivity contribution in [2.45, 2.75) is 11.8 Å². The normalized spacial score (nSPS) is 13.2. The molecule has 0 aromatic heterocycles. The Balaban J connectivity index is 2.41. The number of benzene rings is 2. The van der Waals surface area contributed by atoms with E-state index in [-0.39, 0.29) is 17.0 Å². The van der Waals surface area contributed by atoms with Gasteiger partial charge in [0.25, 0.3) is 5.91 Å². The van der Waals surface area contributed by atoms with Crippen LogP contribution >= 0.6 is 0 Å². The molecule has 0 radical (unpaired) electrons. The van der Waals surface area contributed by atoms with E-state index in [0.29, 0.717) is 0 Å². The van der Waals surface area contributed by atoms with Gasteiger partial charge in [0.15, 0.2) is 0 Å². The number of carbonyl (C=O) groups is 2. The molecule has 2 rings (SSSR count). The summed E-state index contributed by atoms with van der Waals surface area (Å²) in [6.45, 7) is 0. The molecule has 0 aliphatic carbocycles. The highest BCUT2D eigenvalue weighted by molar-refractivity contribution is 6.00. The zero-order valence-corrected chi connectivity index (χ0v) is 15.3. The summed E-state index contributed by atoms with van der Waals surface area (Å²) in [6.07, 6.45) is -5.33. The highest BCUT2D eigenvalue weighted by atomic mass is 19.4. The van der Waals surface area contributed by atoms with Gasteiger partial charge in [-0.3, -0.25) is 4.79 Å². The Bertz CT molecular complexity index is 874. The van der Waals surface area contributed by atoms with Gasteiger partial charge in [0, 0.05) is 5.69 Å². The third-order valence-corrected chi connectivity index (χ3v) is 3.81. The first kappa shape index (κ1) is 22.0. The second-order valence-corrected chi connectivity index (χ2v) is 5.65. The summed E-state index contributed by atoms with van der Waals surface area (Å²) in [7, 11) is 1.97. The summed E-state index contributed by atoms with van der Waals surface area (Å²) in [4.78, 5) is 24.7. The first-order valence-corrected chi connectivity index (χ1v) is 8.04. The molecule has 11 heteroatoms. The molecular formula is C18H17F4N3O4.